The Morgan fingerprint density at radius 3 is 2.71 bits per heavy atom. The van der Waals surface area contributed by atoms with E-state index >= 15 is 0 Å². The zero-order chi connectivity index (χ0) is 12.8. The van der Waals surface area contributed by atoms with Gasteiger partial charge in [-0.2, -0.15) is 0 Å². The Balaban J connectivity index is 2.42. The number of carbonyl (C=O) groups excluding carboxylic acids is 1. The van der Waals surface area contributed by atoms with Crippen molar-refractivity contribution >= 4 is 11.7 Å². The topological polar surface area (TPSA) is 41.1 Å². The smallest absolute Gasteiger partial charge is 0.319 e. The summed E-state index contributed by atoms with van der Waals surface area (Å²) in [5, 5.41) is 5.42. The quantitative estimate of drug-likeness (QED) is 0.830. The average Bonchev–Trinajstić information content (AvgIpc) is 2.23. The summed E-state index contributed by atoms with van der Waals surface area (Å²) in [5.41, 5.74) is 1.12. The molecule has 0 saturated heterocycles. The van der Waals surface area contributed by atoms with Gasteiger partial charge in [-0.3, -0.25) is 0 Å². The normalized spacial score (nSPS) is 10.4. The third-order valence-corrected chi connectivity index (χ3v) is 2.42. The first-order chi connectivity index (χ1) is 7.99. The Morgan fingerprint density at radius 2 is 2.12 bits per heavy atom. The van der Waals surface area contributed by atoms with Crippen LogP contribution in [0.5, 0.6) is 0 Å². The van der Waals surface area contributed by atoms with E-state index in [9.17, 15) is 9.18 Å². The van der Waals surface area contributed by atoms with Gasteiger partial charge in [0.25, 0.3) is 0 Å². The van der Waals surface area contributed by atoms with Crippen molar-refractivity contribution in [3.8, 4) is 0 Å². The fourth-order valence-corrected chi connectivity index (χ4v) is 1.37. The molecule has 0 aliphatic carbocycles. The van der Waals surface area contributed by atoms with Crippen LogP contribution in [0.4, 0.5) is 14.9 Å². The van der Waals surface area contributed by atoms with Gasteiger partial charge in [0.15, 0.2) is 0 Å². The van der Waals surface area contributed by atoms with Gasteiger partial charge in [-0.25, -0.2) is 9.18 Å². The average molecular weight is 238 g/mol. The van der Waals surface area contributed by atoms with Crippen LogP contribution >= 0.6 is 0 Å². The molecule has 1 aromatic rings. The molecule has 4 heteroatoms. The molecule has 0 unspecified atom stereocenters. The summed E-state index contributed by atoms with van der Waals surface area (Å²) >= 11 is 0. The van der Waals surface area contributed by atoms with E-state index in [0.29, 0.717) is 23.7 Å². The third kappa shape index (κ3) is 4.85. The van der Waals surface area contributed by atoms with Crippen molar-refractivity contribution < 1.29 is 9.18 Å². The standard InChI is InChI=1S/C13H19FN2O/c1-9(2)6-7-15-13(17)16-11-4-5-12(14)10(3)8-11/h4-5,8-9H,6-7H2,1-3H3,(H2,15,16,17). The molecule has 0 saturated carbocycles. The first kappa shape index (κ1) is 13.5. The van der Waals surface area contributed by atoms with Gasteiger partial charge in [-0.05, 0) is 43.0 Å². The molecule has 0 atom stereocenters. The second-order valence-corrected chi connectivity index (χ2v) is 4.53. The van der Waals surface area contributed by atoms with Crippen LogP contribution in [0.3, 0.4) is 0 Å². The largest absolute Gasteiger partial charge is 0.338 e. The molecule has 0 radical (unpaired) electrons. The molecule has 3 nitrogen and oxygen atoms in total. The summed E-state index contributed by atoms with van der Waals surface area (Å²) in [5.74, 6) is 0.291. The predicted octanol–water partition coefficient (Wildman–Crippen LogP) is 3.30. The lowest BCUT2D eigenvalue weighted by Crippen LogP contribution is -2.30. The van der Waals surface area contributed by atoms with Crippen LogP contribution in [0.25, 0.3) is 0 Å². The van der Waals surface area contributed by atoms with Crippen molar-refractivity contribution in [1.29, 1.82) is 0 Å². The lowest BCUT2D eigenvalue weighted by molar-refractivity contribution is 0.251. The molecule has 1 aromatic carbocycles. The summed E-state index contributed by atoms with van der Waals surface area (Å²) in [6.45, 7) is 6.51. The highest BCUT2D eigenvalue weighted by molar-refractivity contribution is 5.89. The lowest BCUT2D eigenvalue weighted by atomic mass is 10.1. The minimum atomic E-state index is -0.268. The number of benzene rings is 1. The van der Waals surface area contributed by atoms with E-state index in [0.717, 1.165) is 6.42 Å². The number of urea groups is 1. The maximum Gasteiger partial charge on any atom is 0.319 e. The predicted molar refractivity (Wildman–Crippen MR) is 67.6 cm³/mol. The Morgan fingerprint density at radius 1 is 1.41 bits per heavy atom. The van der Waals surface area contributed by atoms with Crippen LogP contribution in [0.2, 0.25) is 0 Å². The van der Waals surface area contributed by atoms with Crippen molar-refractivity contribution in [2.75, 3.05) is 11.9 Å². The summed E-state index contributed by atoms with van der Waals surface area (Å²) in [4.78, 5) is 11.5. The highest BCUT2D eigenvalue weighted by Crippen LogP contribution is 2.13. The second kappa shape index (κ2) is 6.23. The summed E-state index contributed by atoms with van der Waals surface area (Å²) in [6, 6.07) is 4.25. The van der Waals surface area contributed by atoms with Gasteiger partial charge in [0.1, 0.15) is 5.82 Å². The Kier molecular flexibility index (Phi) is 4.94. The minimum absolute atomic E-state index is 0.253. The van der Waals surface area contributed by atoms with Crippen molar-refractivity contribution in [2.45, 2.75) is 27.2 Å². The van der Waals surface area contributed by atoms with E-state index in [1.165, 1.54) is 6.07 Å². The molecule has 17 heavy (non-hydrogen) atoms. The molecule has 0 bridgehead atoms. The van der Waals surface area contributed by atoms with Gasteiger partial charge >= 0.3 is 6.03 Å². The summed E-state index contributed by atoms with van der Waals surface area (Å²) in [7, 11) is 0. The molecule has 0 aliphatic rings. The molecule has 0 aromatic heterocycles. The van der Waals surface area contributed by atoms with Crippen LogP contribution in [0.1, 0.15) is 25.8 Å². The fraction of sp³-hybridized carbons (Fsp3) is 0.462. The minimum Gasteiger partial charge on any atom is -0.338 e. The number of amides is 2. The fourth-order valence-electron chi connectivity index (χ4n) is 1.37. The number of nitrogens with one attached hydrogen (secondary N) is 2. The molecular weight excluding hydrogens is 219 g/mol. The van der Waals surface area contributed by atoms with Crippen molar-refractivity contribution in [3.05, 3.63) is 29.6 Å². The first-order valence-corrected chi connectivity index (χ1v) is 5.80. The number of aryl methyl sites for hydroxylation is 1. The van der Waals surface area contributed by atoms with Crippen LogP contribution in [0.15, 0.2) is 18.2 Å². The van der Waals surface area contributed by atoms with E-state index in [4.69, 9.17) is 0 Å². The Bertz CT molecular complexity index is 391. The maximum absolute atomic E-state index is 13.0. The van der Waals surface area contributed by atoms with Crippen molar-refractivity contribution in [1.82, 2.24) is 5.32 Å². The second-order valence-electron chi connectivity index (χ2n) is 4.53. The Hall–Kier alpha value is -1.58. The van der Waals surface area contributed by atoms with Crippen LogP contribution < -0.4 is 10.6 Å². The van der Waals surface area contributed by atoms with Gasteiger partial charge in [0.05, 0.1) is 0 Å². The zero-order valence-corrected chi connectivity index (χ0v) is 10.5. The van der Waals surface area contributed by atoms with E-state index in [2.05, 4.69) is 24.5 Å². The molecule has 1 rings (SSSR count). The summed E-state index contributed by atoms with van der Waals surface area (Å²) in [6.07, 6.45) is 0.940. The van der Waals surface area contributed by atoms with Gasteiger partial charge in [-0.1, -0.05) is 13.8 Å². The van der Waals surface area contributed by atoms with Crippen LogP contribution in [0, 0.1) is 18.7 Å². The molecule has 2 N–H and O–H groups in total. The third-order valence-electron chi connectivity index (χ3n) is 2.42. The number of carbonyl (C=O) groups is 1. The zero-order valence-electron chi connectivity index (χ0n) is 10.5. The number of halogens is 1. The Labute approximate surface area is 101 Å². The molecule has 0 aliphatic heterocycles. The van der Waals surface area contributed by atoms with Gasteiger partial charge in [0.2, 0.25) is 0 Å². The van der Waals surface area contributed by atoms with Gasteiger partial charge in [-0.15, -0.1) is 0 Å². The molecule has 0 spiro atoms. The van der Waals surface area contributed by atoms with E-state index in [1.807, 2.05) is 0 Å². The number of hydrogen-bond acceptors (Lipinski definition) is 1. The number of rotatable bonds is 4. The molecule has 0 heterocycles. The van der Waals surface area contributed by atoms with Crippen molar-refractivity contribution in [2.24, 2.45) is 5.92 Å². The summed E-state index contributed by atoms with van der Waals surface area (Å²) < 4.78 is 13.0. The molecule has 2 amide bonds. The highest BCUT2D eigenvalue weighted by atomic mass is 19.1. The lowest BCUT2D eigenvalue weighted by Gasteiger charge is -2.09. The van der Waals surface area contributed by atoms with E-state index in [-0.39, 0.29) is 11.8 Å². The number of anilines is 1. The van der Waals surface area contributed by atoms with Crippen LogP contribution in [-0.2, 0) is 0 Å². The van der Waals surface area contributed by atoms with Gasteiger partial charge < -0.3 is 10.6 Å². The van der Waals surface area contributed by atoms with E-state index < -0.39 is 0 Å². The maximum atomic E-state index is 13.0. The SMILES string of the molecule is Cc1cc(NC(=O)NCCC(C)C)ccc1F. The monoisotopic (exact) mass is 238 g/mol. The molecule has 94 valence electrons. The van der Waals surface area contributed by atoms with E-state index in [1.54, 1.807) is 19.1 Å². The molecular formula is C13H19FN2O. The number of hydrogen-bond donors (Lipinski definition) is 2. The molecule has 0 fully saturated rings. The van der Waals surface area contributed by atoms with Crippen molar-refractivity contribution in [3.63, 3.8) is 0 Å². The van der Waals surface area contributed by atoms with Gasteiger partial charge in [0, 0.05) is 12.2 Å². The first-order valence-electron chi connectivity index (χ1n) is 5.80. The van der Waals surface area contributed by atoms with Crippen LogP contribution in [-0.4, -0.2) is 12.6 Å². The highest BCUT2D eigenvalue weighted by Gasteiger charge is 2.03.